The van der Waals surface area contributed by atoms with Gasteiger partial charge in [-0.25, -0.2) is 0 Å². The highest BCUT2D eigenvalue weighted by molar-refractivity contribution is 5.53. The normalized spacial score (nSPS) is 8.17. The van der Waals surface area contributed by atoms with Crippen LogP contribution in [0, 0.1) is 12.0 Å². The molecule has 0 rings (SSSR count). The fourth-order valence-electron chi connectivity index (χ4n) is 0.144. The smallest absolute Gasteiger partial charge is 0.0885 e. The van der Waals surface area contributed by atoms with Crippen molar-refractivity contribution in [1.82, 2.24) is 0 Å². The van der Waals surface area contributed by atoms with Crippen molar-refractivity contribution >= 4 is 6.21 Å². The summed E-state index contributed by atoms with van der Waals surface area (Å²) in [4.78, 5) is 0. The van der Waals surface area contributed by atoms with Gasteiger partial charge < -0.3 is 10.1 Å². The zero-order valence-corrected chi connectivity index (χ0v) is 3.77. The molecule has 0 amide bonds. The first-order chi connectivity index (χ1) is 2.91. The molecule has 1 N–H and O–H groups in total. The predicted octanol–water partition coefficient (Wildman–Crippen LogP) is 0.834. The number of methoxy groups -OCH3 is 1. The van der Waals surface area contributed by atoms with Crippen LogP contribution in [0.3, 0.4) is 0 Å². The average molecular weight is 86.1 g/mol. The summed E-state index contributed by atoms with van der Waals surface area (Å²) in [5, 5.41) is 6.47. The second-order valence-corrected chi connectivity index (χ2v) is 0.842. The quantitative estimate of drug-likeness (QED) is 0.400. The highest BCUT2D eigenvalue weighted by Crippen LogP contribution is 1.78. The van der Waals surface area contributed by atoms with Crippen LogP contribution in [0.2, 0.25) is 0 Å². The van der Waals surface area contributed by atoms with E-state index >= 15 is 0 Å². The molecule has 1 radical (unpaired) electrons. The second-order valence-electron chi connectivity index (χ2n) is 0.842. The van der Waals surface area contributed by atoms with Crippen molar-refractivity contribution < 1.29 is 4.74 Å². The Labute approximate surface area is 37.6 Å². The van der Waals surface area contributed by atoms with Crippen molar-refractivity contribution in [2.45, 2.75) is 6.42 Å². The van der Waals surface area contributed by atoms with E-state index in [-0.39, 0.29) is 0 Å². The Hall–Kier alpha value is -0.370. The maximum absolute atomic E-state index is 6.47. The average Bonchev–Trinajstić information content (AvgIpc) is 1.61. The third kappa shape index (κ3) is 3.63. The molecule has 2 nitrogen and oxygen atoms in total. The first-order valence-corrected chi connectivity index (χ1v) is 1.75. The lowest BCUT2D eigenvalue weighted by molar-refractivity contribution is 0.276. The minimum Gasteiger partial charge on any atom is -0.378 e. The molecule has 35 valence electrons. The van der Waals surface area contributed by atoms with Crippen LogP contribution in [0.15, 0.2) is 0 Å². The van der Waals surface area contributed by atoms with Gasteiger partial charge in [0.1, 0.15) is 0 Å². The molecule has 0 atom stereocenters. The molecule has 0 heterocycles. The highest BCUT2D eigenvalue weighted by atomic mass is 16.5. The van der Waals surface area contributed by atoms with E-state index in [1.54, 1.807) is 13.7 Å². The van der Waals surface area contributed by atoms with E-state index in [0.29, 0.717) is 6.42 Å². The van der Waals surface area contributed by atoms with Gasteiger partial charge in [0.2, 0.25) is 0 Å². The molecule has 0 aromatic rings. The molecule has 0 aliphatic carbocycles. The zero-order chi connectivity index (χ0) is 4.83. The lowest BCUT2D eigenvalue weighted by atomic mass is 10.5. The first-order valence-electron chi connectivity index (χ1n) is 1.75. The number of hydrogen-bond acceptors (Lipinski definition) is 2. The third-order valence-corrected chi connectivity index (χ3v) is 0.381. The maximum Gasteiger partial charge on any atom is 0.0885 e. The molecular formula is C4H8NO. The van der Waals surface area contributed by atoms with E-state index in [2.05, 4.69) is 4.74 Å². The Morgan fingerprint density at radius 1 is 1.83 bits per heavy atom. The molecule has 0 fully saturated rings. The van der Waals surface area contributed by atoms with Crippen molar-refractivity contribution in [1.29, 1.82) is 5.41 Å². The Bertz CT molecular complexity index is 36.5. The highest BCUT2D eigenvalue weighted by Gasteiger charge is 1.72. The van der Waals surface area contributed by atoms with Crippen LogP contribution in [-0.2, 0) is 4.74 Å². The summed E-state index contributed by atoms with van der Waals surface area (Å²) in [5.74, 6) is 0. The number of hydrogen-bond donors (Lipinski definition) is 1. The SMILES string of the molecule is CO[CH]CC=N. The molecule has 0 unspecified atom stereocenters. The van der Waals surface area contributed by atoms with Crippen molar-refractivity contribution in [3.05, 3.63) is 6.61 Å². The van der Waals surface area contributed by atoms with Gasteiger partial charge in [-0.1, -0.05) is 0 Å². The molecule has 0 aliphatic rings. The maximum atomic E-state index is 6.47. The fourth-order valence-corrected chi connectivity index (χ4v) is 0.144. The largest absolute Gasteiger partial charge is 0.378 e. The molecule has 0 saturated heterocycles. The van der Waals surface area contributed by atoms with Gasteiger partial charge in [-0.3, -0.25) is 0 Å². The zero-order valence-electron chi connectivity index (χ0n) is 3.77. The van der Waals surface area contributed by atoms with Crippen LogP contribution in [-0.4, -0.2) is 13.3 Å². The monoisotopic (exact) mass is 86.1 g/mol. The van der Waals surface area contributed by atoms with E-state index in [9.17, 15) is 0 Å². The van der Waals surface area contributed by atoms with Gasteiger partial charge in [0, 0.05) is 13.5 Å². The summed E-state index contributed by atoms with van der Waals surface area (Å²) >= 11 is 0. The van der Waals surface area contributed by atoms with Crippen LogP contribution in [0.5, 0.6) is 0 Å². The fraction of sp³-hybridized carbons (Fsp3) is 0.500. The van der Waals surface area contributed by atoms with Gasteiger partial charge in [-0.05, 0) is 6.21 Å². The van der Waals surface area contributed by atoms with Crippen LogP contribution in [0.1, 0.15) is 6.42 Å². The Kier molecular flexibility index (Phi) is 4.34. The molecule has 0 aromatic carbocycles. The topological polar surface area (TPSA) is 33.1 Å². The van der Waals surface area contributed by atoms with E-state index in [0.717, 1.165) is 0 Å². The van der Waals surface area contributed by atoms with Crippen molar-refractivity contribution in [3.8, 4) is 0 Å². The van der Waals surface area contributed by atoms with Gasteiger partial charge in [0.05, 0.1) is 6.61 Å². The molecule has 0 aliphatic heterocycles. The van der Waals surface area contributed by atoms with E-state index in [4.69, 9.17) is 5.41 Å². The molecule has 2 heteroatoms. The van der Waals surface area contributed by atoms with Gasteiger partial charge in [0.25, 0.3) is 0 Å². The van der Waals surface area contributed by atoms with Crippen LogP contribution >= 0.6 is 0 Å². The molecule has 0 bridgehead atoms. The standard InChI is InChI=1S/C4H8NO/c1-6-4-2-3-5/h3-5H,2H2,1H3. The summed E-state index contributed by atoms with van der Waals surface area (Å²) in [6, 6.07) is 0. The number of ether oxygens (including phenoxy) is 1. The van der Waals surface area contributed by atoms with E-state index < -0.39 is 0 Å². The molecule has 6 heavy (non-hydrogen) atoms. The van der Waals surface area contributed by atoms with E-state index in [1.807, 2.05) is 0 Å². The van der Waals surface area contributed by atoms with Crippen LogP contribution < -0.4 is 0 Å². The summed E-state index contributed by atoms with van der Waals surface area (Å²) < 4.78 is 4.51. The molecule has 0 saturated carbocycles. The van der Waals surface area contributed by atoms with Crippen molar-refractivity contribution in [2.75, 3.05) is 7.11 Å². The Morgan fingerprint density at radius 2 is 2.50 bits per heavy atom. The number of rotatable bonds is 3. The second kappa shape index (κ2) is 4.63. The Balaban J connectivity index is 2.49. The molecule has 0 spiro atoms. The van der Waals surface area contributed by atoms with Gasteiger partial charge >= 0.3 is 0 Å². The van der Waals surface area contributed by atoms with Crippen LogP contribution in [0.4, 0.5) is 0 Å². The van der Waals surface area contributed by atoms with Crippen LogP contribution in [0.25, 0.3) is 0 Å². The predicted molar refractivity (Wildman–Crippen MR) is 24.7 cm³/mol. The summed E-state index contributed by atoms with van der Waals surface area (Å²) in [6.07, 6.45) is 1.89. The Morgan fingerprint density at radius 3 is 2.67 bits per heavy atom. The number of nitrogens with one attached hydrogen (secondary N) is 1. The van der Waals surface area contributed by atoms with Crippen molar-refractivity contribution in [3.63, 3.8) is 0 Å². The molecule has 0 aromatic heterocycles. The van der Waals surface area contributed by atoms with Gasteiger partial charge in [-0.15, -0.1) is 0 Å². The third-order valence-electron chi connectivity index (χ3n) is 0.381. The lowest BCUT2D eigenvalue weighted by Gasteiger charge is -1.84. The van der Waals surface area contributed by atoms with Crippen molar-refractivity contribution in [2.24, 2.45) is 0 Å². The minimum absolute atomic E-state index is 0.608. The summed E-state index contributed by atoms with van der Waals surface area (Å²) in [6.45, 7) is 1.56. The summed E-state index contributed by atoms with van der Waals surface area (Å²) in [7, 11) is 1.57. The summed E-state index contributed by atoms with van der Waals surface area (Å²) in [5.41, 5.74) is 0. The van der Waals surface area contributed by atoms with Gasteiger partial charge in [-0.2, -0.15) is 0 Å². The minimum atomic E-state index is 0.608. The molecular weight excluding hydrogens is 78.0 g/mol. The lowest BCUT2D eigenvalue weighted by Crippen LogP contribution is -1.77. The van der Waals surface area contributed by atoms with Gasteiger partial charge in [0.15, 0.2) is 0 Å². The first kappa shape index (κ1) is 5.63. The van der Waals surface area contributed by atoms with E-state index in [1.165, 1.54) is 6.21 Å².